The van der Waals surface area contributed by atoms with Crippen molar-refractivity contribution in [3.63, 3.8) is 0 Å². The Hall–Kier alpha value is -1.89. The van der Waals surface area contributed by atoms with E-state index in [1.165, 1.54) is 11.1 Å². The standard InChI is InChI=1S/C18H20O/c1-13(2)17-11-7-10-16(14(17)3)12-18(19)15-8-5-4-6-9-15/h4-11,13H,12H2,1-3H3. The molecule has 0 aliphatic rings. The maximum absolute atomic E-state index is 12.2. The predicted octanol–water partition coefficient (Wildman–Crippen LogP) is 4.54. The van der Waals surface area contributed by atoms with Crippen molar-refractivity contribution in [1.82, 2.24) is 0 Å². The van der Waals surface area contributed by atoms with Crippen LogP contribution in [0.5, 0.6) is 0 Å². The van der Waals surface area contributed by atoms with E-state index < -0.39 is 0 Å². The average Bonchev–Trinajstić information content (AvgIpc) is 2.41. The molecule has 2 aromatic rings. The van der Waals surface area contributed by atoms with Crippen molar-refractivity contribution < 1.29 is 4.79 Å². The molecule has 0 spiro atoms. The molecule has 98 valence electrons. The van der Waals surface area contributed by atoms with Crippen LogP contribution < -0.4 is 0 Å². The van der Waals surface area contributed by atoms with Crippen LogP contribution in [0.4, 0.5) is 0 Å². The third-order valence-electron chi connectivity index (χ3n) is 3.56. The van der Waals surface area contributed by atoms with Gasteiger partial charge in [0, 0.05) is 12.0 Å². The molecule has 0 amide bonds. The number of carbonyl (C=O) groups is 1. The van der Waals surface area contributed by atoms with Crippen LogP contribution in [0.2, 0.25) is 0 Å². The van der Waals surface area contributed by atoms with Gasteiger partial charge < -0.3 is 0 Å². The molecule has 1 nitrogen and oxygen atoms in total. The van der Waals surface area contributed by atoms with Crippen LogP contribution in [0.3, 0.4) is 0 Å². The molecule has 19 heavy (non-hydrogen) atoms. The van der Waals surface area contributed by atoms with Crippen molar-refractivity contribution in [2.75, 3.05) is 0 Å². The normalized spacial score (nSPS) is 10.7. The summed E-state index contributed by atoms with van der Waals surface area (Å²) in [5, 5.41) is 0. The number of benzene rings is 2. The van der Waals surface area contributed by atoms with E-state index in [2.05, 4.69) is 39.0 Å². The monoisotopic (exact) mass is 252 g/mol. The van der Waals surface area contributed by atoms with Gasteiger partial charge in [-0.25, -0.2) is 0 Å². The number of Topliss-reactive ketones (excluding diaryl/α,β-unsaturated/α-hetero) is 1. The fourth-order valence-corrected chi connectivity index (χ4v) is 2.42. The zero-order chi connectivity index (χ0) is 13.8. The van der Waals surface area contributed by atoms with E-state index in [1.54, 1.807) is 0 Å². The van der Waals surface area contributed by atoms with Crippen molar-refractivity contribution in [1.29, 1.82) is 0 Å². The second-order valence-corrected chi connectivity index (χ2v) is 5.25. The molecular formula is C18H20O. The molecule has 0 saturated heterocycles. The third-order valence-corrected chi connectivity index (χ3v) is 3.56. The van der Waals surface area contributed by atoms with Crippen molar-refractivity contribution in [3.05, 3.63) is 70.8 Å². The molecule has 0 fully saturated rings. The minimum atomic E-state index is 0.185. The minimum Gasteiger partial charge on any atom is -0.294 e. The summed E-state index contributed by atoms with van der Waals surface area (Å²) in [6.07, 6.45) is 0.483. The lowest BCUT2D eigenvalue weighted by Crippen LogP contribution is -2.06. The van der Waals surface area contributed by atoms with Crippen molar-refractivity contribution in [2.24, 2.45) is 0 Å². The number of hydrogen-bond donors (Lipinski definition) is 0. The molecule has 0 unspecified atom stereocenters. The van der Waals surface area contributed by atoms with Gasteiger partial charge in [-0.1, -0.05) is 62.4 Å². The molecule has 0 aliphatic carbocycles. The van der Waals surface area contributed by atoms with E-state index in [0.717, 1.165) is 11.1 Å². The van der Waals surface area contributed by atoms with E-state index in [4.69, 9.17) is 0 Å². The van der Waals surface area contributed by atoms with Gasteiger partial charge in [0.15, 0.2) is 5.78 Å². The SMILES string of the molecule is Cc1c(CC(=O)c2ccccc2)cccc1C(C)C. The predicted molar refractivity (Wildman–Crippen MR) is 79.7 cm³/mol. The van der Waals surface area contributed by atoms with Crippen LogP contribution in [-0.2, 0) is 6.42 Å². The van der Waals surface area contributed by atoms with Gasteiger partial charge in [0.2, 0.25) is 0 Å². The van der Waals surface area contributed by atoms with Crippen molar-refractivity contribution in [3.8, 4) is 0 Å². The summed E-state index contributed by atoms with van der Waals surface area (Å²) in [4.78, 5) is 12.2. The Morgan fingerprint density at radius 2 is 1.68 bits per heavy atom. The summed E-state index contributed by atoms with van der Waals surface area (Å²) < 4.78 is 0. The van der Waals surface area contributed by atoms with E-state index in [1.807, 2.05) is 30.3 Å². The maximum atomic E-state index is 12.2. The van der Waals surface area contributed by atoms with Gasteiger partial charge in [-0.3, -0.25) is 4.79 Å². The lowest BCUT2D eigenvalue weighted by atomic mass is 9.91. The Balaban J connectivity index is 2.25. The highest BCUT2D eigenvalue weighted by atomic mass is 16.1. The van der Waals surface area contributed by atoms with E-state index in [0.29, 0.717) is 12.3 Å². The number of hydrogen-bond acceptors (Lipinski definition) is 1. The molecule has 0 bridgehead atoms. The number of carbonyl (C=O) groups excluding carboxylic acids is 1. The quantitative estimate of drug-likeness (QED) is 0.730. The third kappa shape index (κ3) is 3.11. The first-order valence-electron chi connectivity index (χ1n) is 6.76. The second kappa shape index (κ2) is 5.83. The summed E-state index contributed by atoms with van der Waals surface area (Å²) in [5.74, 6) is 0.677. The maximum Gasteiger partial charge on any atom is 0.167 e. The zero-order valence-corrected chi connectivity index (χ0v) is 11.8. The van der Waals surface area contributed by atoms with E-state index in [9.17, 15) is 4.79 Å². The van der Waals surface area contributed by atoms with Crippen LogP contribution in [0.25, 0.3) is 0 Å². The minimum absolute atomic E-state index is 0.185. The highest BCUT2D eigenvalue weighted by Gasteiger charge is 2.11. The molecule has 2 rings (SSSR count). The molecule has 0 N–H and O–H groups in total. The van der Waals surface area contributed by atoms with Crippen LogP contribution >= 0.6 is 0 Å². The Labute approximate surface area is 115 Å². The lowest BCUT2D eigenvalue weighted by Gasteiger charge is -2.13. The van der Waals surface area contributed by atoms with Crippen LogP contribution in [0.1, 0.15) is 46.8 Å². The van der Waals surface area contributed by atoms with Gasteiger partial charge in [0.1, 0.15) is 0 Å². The highest BCUT2D eigenvalue weighted by molar-refractivity contribution is 5.97. The van der Waals surface area contributed by atoms with Crippen LogP contribution in [0, 0.1) is 6.92 Å². The van der Waals surface area contributed by atoms with Gasteiger partial charge >= 0.3 is 0 Å². The Morgan fingerprint density at radius 3 is 2.32 bits per heavy atom. The van der Waals surface area contributed by atoms with Gasteiger partial charge in [0.25, 0.3) is 0 Å². The molecule has 0 heterocycles. The average molecular weight is 252 g/mol. The van der Waals surface area contributed by atoms with E-state index in [-0.39, 0.29) is 5.78 Å². The Bertz CT molecular complexity index is 567. The fraction of sp³-hybridized carbons (Fsp3) is 0.278. The molecule has 0 aromatic heterocycles. The fourth-order valence-electron chi connectivity index (χ4n) is 2.42. The number of rotatable bonds is 4. The molecule has 0 saturated carbocycles. The van der Waals surface area contributed by atoms with Gasteiger partial charge in [-0.2, -0.15) is 0 Å². The van der Waals surface area contributed by atoms with Gasteiger partial charge in [0.05, 0.1) is 0 Å². The summed E-state index contributed by atoms with van der Waals surface area (Å²) >= 11 is 0. The molecule has 0 atom stereocenters. The van der Waals surface area contributed by atoms with E-state index >= 15 is 0 Å². The Kier molecular flexibility index (Phi) is 4.16. The number of ketones is 1. The van der Waals surface area contributed by atoms with Gasteiger partial charge in [-0.15, -0.1) is 0 Å². The summed E-state index contributed by atoms with van der Waals surface area (Å²) in [7, 11) is 0. The lowest BCUT2D eigenvalue weighted by molar-refractivity contribution is 0.0992. The largest absolute Gasteiger partial charge is 0.294 e. The first kappa shape index (κ1) is 13.5. The van der Waals surface area contributed by atoms with Gasteiger partial charge in [-0.05, 0) is 29.5 Å². The summed E-state index contributed by atoms with van der Waals surface area (Å²) in [6.45, 7) is 6.49. The first-order chi connectivity index (χ1) is 9.09. The second-order valence-electron chi connectivity index (χ2n) is 5.25. The molecule has 2 aromatic carbocycles. The van der Waals surface area contributed by atoms with Crippen molar-refractivity contribution >= 4 is 5.78 Å². The Morgan fingerprint density at radius 1 is 1.00 bits per heavy atom. The highest BCUT2D eigenvalue weighted by Crippen LogP contribution is 2.22. The molecule has 0 aliphatic heterocycles. The zero-order valence-electron chi connectivity index (χ0n) is 11.8. The topological polar surface area (TPSA) is 17.1 Å². The van der Waals surface area contributed by atoms with Crippen molar-refractivity contribution in [2.45, 2.75) is 33.1 Å². The summed E-state index contributed by atoms with van der Waals surface area (Å²) in [6, 6.07) is 15.8. The van der Waals surface area contributed by atoms with Crippen LogP contribution in [-0.4, -0.2) is 5.78 Å². The molecule has 1 heteroatoms. The summed E-state index contributed by atoms with van der Waals surface area (Å²) in [5.41, 5.74) is 4.51. The molecular weight excluding hydrogens is 232 g/mol. The van der Waals surface area contributed by atoms with Crippen LogP contribution in [0.15, 0.2) is 48.5 Å². The smallest absolute Gasteiger partial charge is 0.167 e. The molecule has 0 radical (unpaired) electrons. The first-order valence-corrected chi connectivity index (χ1v) is 6.76.